The molecule has 48 heavy (non-hydrogen) atoms. The summed E-state index contributed by atoms with van der Waals surface area (Å²) in [6.07, 6.45) is -1.01. The standard InChI is InChI=1S/C31H40FN5O8S2Si/c1-20(29(38)22-16-15-21(32)19-26(22)46(5,39)40)47(41,42)36(17-18-48(6,7)8)31-35-34-30(23-11-9-14-27(33-23)45-4)37(31)28-24(43-2)12-10-13-25(28)44-3/h9-16,19-20,29,38H,17-18H2,1-8H3/t20-,29-/m1/s1. The number of anilines is 1. The molecule has 0 saturated carbocycles. The van der Waals surface area contributed by atoms with Gasteiger partial charge in [0.1, 0.15) is 33.9 Å². The molecule has 0 unspecified atom stereocenters. The Hall–Kier alpha value is -4.06. The van der Waals surface area contributed by atoms with E-state index in [2.05, 4.69) is 34.8 Å². The molecule has 4 rings (SSSR count). The van der Waals surface area contributed by atoms with E-state index >= 15 is 0 Å². The maximum absolute atomic E-state index is 14.7. The van der Waals surface area contributed by atoms with Crippen molar-refractivity contribution in [3.63, 3.8) is 0 Å². The van der Waals surface area contributed by atoms with Crippen molar-refractivity contribution in [3.8, 4) is 34.6 Å². The van der Waals surface area contributed by atoms with Crippen molar-refractivity contribution in [1.29, 1.82) is 0 Å². The van der Waals surface area contributed by atoms with Crippen LogP contribution < -0.4 is 18.5 Å². The summed E-state index contributed by atoms with van der Waals surface area (Å²) in [6.45, 7) is 7.43. The smallest absolute Gasteiger partial charge is 0.246 e. The number of aromatic nitrogens is 4. The Morgan fingerprint density at radius 3 is 2.12 bits per heavy atom. The first-order valence-corrected chi connectivity index (χ1v) is 21.9. The summed E-state index contributed by atoms with van der Waals surface area (Å²) >= 11 is 0. The molecular weight excluding hydrogens is 682 g/mol. The van der Waals surface area contributed by atoms with Gasteiger partial charge in [-0.25, -0.2) is 30.5 Å². The average molecular weight is 722 g/mol. The zero-order valence-electron chi connectivity index (χ0n) is 28.0. The van der Waals surface area contributed by atoms with Crippen molar-refractivity contribution < 1.29 is 40.5 Å². The largest absolute Gasteiger partial charge is 0.494 e. The van der Waals surface area contributed by atoms with E-state index in [1.807, 2.05) is 0 Å². The molecule has 13 nitrogen and oxygen atoms in total. The Bertz CT molecular complexity index is 1980. The van der Waals surface area contributed by atoms with Gasteiger partial charge < -0.3 is 19.3 Å². The fourth-order valence-electron chi connectivity index (χ4n) is 4.98. The topological polar surface area (TPSA) is 163 Å². The van der Waals surface area contributed by atoms with Crippen molar-refractivity contribution in [2.24, 2.45) is 0 Å². The Labute approximate surface area is 281 Å². The number of methoxy groups -OCH3 is 3. The van der Waals surface area contributed by atoms with Crippen molar-refractivity contribution in [3.05, 3.63) is 66.0 Å². The van der Waals surface area contributed by atoms with E-state index in [9.17, 15) is 26.3 Å². The lowest BCUT2D eigenvalue weighted by atomic mass is 10.1. The van der Waals surface area contributed by atoms with E-state index < -0.39 is 50.0 Å². The molecule has 0 saturated heterocycles. The monoisotopic (exact) mass is 721 g/mol. The van der Waals surface area contributed by atoms with Gasteiger partial charge in [0.25, 0.3) is 0 Å². The number of pyridine rings is 1. The zero-order valence-corrected chi connectivity index (χ0v) is 30.6. The lowest BCUT2D eigenvalue weighted by Crippen LogP contribution is -2.44. The van der Waals surface area contributed by atoms with Crippen LogP contribution in [-0.2, 0) is 19.9 Å². The van der Waals surface area contributed by atoms with E-state index in [4.69, 9.17) is 14.2 Å². The second kappa shape index (κ2) is 14.2. The van der Waals surface area contributed by atoms with Crippen molar-refractivity contribution in [1.82, 2.24) is 19.7 Å². The van der Waals surface area contributed by atoms with Crippen molar-refractivity contribution in [2.45, 2.75) is 48.9 Å². The van der Waals surface area contributed by atoms with Gasteiger partial charge in [-0.05, 0) is 43.3 Å². The van der Waals surface area contributed by atoms with Gasteiger partial charge in [0.15, 0.2) is 15.7 Å². The summed E-state index contributed by atoms with van der Waals surface area (Å²) in [6, 6.07) is 13.3. The number of nitrogens with zero attached hydrogens (tertiary/aromatic N) is 5. The molecule has 0 bridgehead atoms. The number of sulfone groups is 1. The lowest BCUT2D eigenvalue weighted by molar-refractivity contribution is 0.172. The highest BCUT2D eigenvalue weighted by molar-refractivity contribution is 7.93. The number of aliphatic hydroxyl groups excluding tert-OH is 1. The molecule has 2 aromatic carbocycles. The summed E-state index contributed by atoms with van der Waals surface area (Å²) < 4.78 is 87.9. The van der Waals surface area contributed by atoms with Crippen LogP contribution in [0.3, 0.4) is 0 Å². The summed E-state index contributed by atoms with van der Waals surface area (Å²) in [5, 5.41) is 18.6. The average Bonchev–Trinajstić information content (AvgIpc) is 3.46. The number of halogens is 1. The molecule has 2 aromatic heterocycles. The molecule has 0 aliphatic carbocycles. The highest BCUT2D eigenvalue weighted by Crippen LogP contribution is 2.40. The minimum Gasteiger partial charge on any atom is -0.494 e. The van der Waals surface area contributed by atoms with E-state index in [0.29, 0.717) is 23.2 Å². The molecule has 17 heteroatoms. The van der Waals surface area contributed by atoms with Crippen molar-refractivity contribution >= 4 is 33.9 Å². The summed E-state index contributed by atoms with van der Waals surface area (Å²) in [5.74, 6) is 0.00874. The third kappa shape index (κ3) is 7.64. The summed E-state index contributed by atoms with van der Waals surface area (Å²) in [5.41, 5.74) is 0.316. The Balaban J connectivity index is 2.02. The van der Waals surface area contributed by atoms with Crippen LogP contribution in [0.4, 0.5) is 10.3 Å². The lowest BCUT2D eigenvalue weighted by Gasteiger charge is -2.31. The van der Waals surface area contributed by atoms with Crippen LogP contribution in [0, 0.1) is 5.82 Å². The first kappa shape index (κ1) is 36.8. The minimum atomic E-state index is -4.58. The van der Waals surface area contributed by atoms with Gasteiger partial charge in [0.2, 0.25) is 21.9 Å². The normalized spacial score (nSPS) is 13.5. The maximum Gasteiger partial charge on any atom is 0.246 e. The molecular formula is C31H40FN5O8S2Si. The predicted octanol–water partition coefficient (Wildman–Crippen LogP) is 4.49. The van der Waals surface area contributed by atoms with Crippen LogP contribution in [0.5, 0.6) is 17.4 Å². The zero-order chi connectivity index (χ0) is 35.6. The first-order valence-electron chi connectivity index (χ1n) is 14.8. The number of sulfonamides is 1. The highest BCUT2D eigenvalue weighted by atomic mass is 32.2. The number of hydrogen-bond acceptors (Lipinski definition) is 11. The van der Waals surface area contributed by atoms with E-state index in [1.54, 1.807) is 36.4 Å². The minimum absolute atomic E-state index is 0.0569. The van der Waals surface area contributed by atoms with Gasteiger partial charge in [-0.1, -0.05) is 37.8 Å². The van der Waals surface area contributed by atoms with Gasteiger partial charge in [-0.3, -0.25) is 4.57 Å². The molecule has 0 amide bonds. The van der Waals surface area contributed by atoms with Crippen LogP contribution in [0.1, 0.15) is 18.6 Å². The molecule has 0 aliphatic heterocycles. The quantitative estimate of drug-likeness (QED) is 0.183. The van der Waals surface area contributed by atoms with E-state index in [1.165, 1.54) is 32.8 Å². The fourth-order valence-corrected chi connectivity index (χ4v) is 8.55. The number of rotatable bonds is 14. The van der Waals surface area contributed by atoms with Gasteiger partial charge in [0.05, 0.1) is 32.3 Å². The molecule has 260 valence electrons. The molecule has 4 aromatic rings. The second-order valence-electron chi connectivity index (χ2n) is 12.3. The Morgan fingerprint density at radius 2 is 1.56 bits per heavy atom. The third-order valence-corrected chi connectivity index (χ3v) is 12.7. The number of aliphatic hydroxyl groups is 1. The van der Waals surface area contributed by atoms with Crippen LogP contribution in [0.25, 0.3) is 17.2 Å². The first-order chi connectivity index (χ1) is 22.4. The number of benzene rings is 2. The predicted molar refractivity (Wildman–Crippen MR) is 183 cm³/mol. The third-order valence-electron chi connectivity index (χ3n) is 7.64. The molecule has 2 heterocycles. The van der Waals surface area contributed by atoms with E-state index in [-0.39, 0.29) is 35.4 Å². The molecule has 1 N–H and O–H groups in total. The SMILES string of the molecule is COc1cccc(-c2nnc(N(CC[Si](C)(C)C)S(=O)(=O)[C@H](C)[C@@H](O)c3ccc(F)cc3S(C)(=O)=O)n2-c2c(OC)cccc2OC)n1. The van der Waals surface area contributed by atoms with Gasteiger partial charge in [-0.15, -0.1) is 10.2 Å². The maximum atomic E-state index is 14.7. The number of ether oxygens (including phenoxy) is 3. The molecule has 0 fully saturated rings. The summed E-state index contributed by atoms with van der Waals surface area (Å²) in [7, 11) is -6.19. The van der Waals surface area contributed by atoms with Gasteiger partial charge in [0, 0.05) is 32.5 Å². The van der Waals surface area contributed by atoms with Crippen LogP contribution in [-0.4, -0.2) is 89.1 Å². The highest BCUT2D eigenvalue weighted by Gasteiger charge is 2.40. The van der Waals surface area contributed by atoms with E-state index in [0.717, 1.165) is 28.8 Å². The van der Waals surface area contributed by atoms with Crippen LogP contribution >= 0.6 is 0 Å². The molecule has 0 spiro atoms. The molecule has 0 aliphatic rings. The second-order valence-corrected chi connectivity index (χ2v) is 22.1. The Kier molecular flexibility index (Phi) is 10.9. The van der Waals surface area contributed by atoms with Crippen LogP contribution in [0.15, 0.2) is 59.5 Å². The molecule has 0 radical (unpaired) electrons. The Morgan fingerprint density at radius 1 is 0.938 bits per heavy atom. The van der Waals surface area contributed by atoms with Crippen LogP contribution in [0.2, 0.25) is 25.7 Å². The fraction of sp³-hybridized carbons (Fsp3) is 0.387. The number of hydrogen-bond donors (Lipinski definition) is 1. The van der Waals surface area contributed by atoms with Gasteiger partial charge >= 0.3 is 0 Å². The van der Waals surface area contributed by atoms with Gasteiger partial charge in [-0.2, -0.15) is 0 Å². The molecule has 2 atom stereocenters. The summed E-state index contributed by atoms with van der Waals surface area (Å²) in [4.78, 5) is 3.99. The number of para-hydroxylation sites is 1. The van der Waals surface area contributed by atoms with Crippen molar-refractivity contribution in [2.75, 3.05) is 38.4 Å².